The Morgan fingerprint density at radius 1 is 1.00 bits per heavy atom. The van der Waals surface area contributed by atoms with Gasteiger partial charge in [0.1, 0.15) is 30.2 Å². The van der Waals surface area contributed by atoms with Crippen molar-refractivity contribution in [3.63, 3.8) is 0 Å². The molecule has 2 N–H and O–H groups in total. The zero-order chi connectivity index (χ0) is 24.1. The highest BCUT2D eigenvalue weighted by Gasteiger charge is 2.17. The molecule has 0 saturated heterocycles. The van der Waals surface area contributed by atoms with E-state index in [1.807, 2.05) is 0 Å². The van der Waals surface area contributed by atoms with E-state index in [-0.39, 0.29) is 24.6 Å². The van der Waals surface area contributed by atoms with Crippen LogP contribution in [-0.4, -0.2) is 25.7 Å². The van der Waals surface area contributed by atoms with Gasteiger partial charge in [-0.3, -0.25) is 0 Å². The fraction of sp³-hybridized carbons (Fsp3) is 0.154. The highest BCUT2D eigenvalue weighted by Crippen LogP contribution is 2.28. The van der Waals surface area contributed by atoms with Crippen molar-refractivity contribution in [2.45, 2.75) is 25.9 Å². The summed E-state index contributed by atoms with van der Waals surface area (Å²) in [5.41, 5.74) is 2.56. The normalized spacial score (nSPS) is 12.0. The number of aromatic nitrogens is 2. The van der Waals surface area contributed by atoms with E-state index in [2.05, 4.69) is 4.98 Å². The fourth-order valence-corrected chi connectivity index (χ4v) is 3.70. The van der Waals surface area contributed by atoms with Gasteiger partial charge in [0.25, 0.3) is 0 Å². The summed E-state index contributed by atoms with van der Waals surface area (Å²) in [6.07, 6.45) is 2.81. The number of hydrogen-bond acceptors (Lipinski definition) is 4. The molecule has 4 aromatic rings. The first-order chi connectivity index (χ1) is 16.4. The van der Waals surface area contributed by atoms with Crippen LogP contribution < -0.4 is 0 Å². The maximum absolute atomic E-state index is 13.5. The number of imidazole rings is 1. The van der Waals surface area contributed by atoms with E-state index >= 15 is 0 Å². The smallest absolute Gasteiger partial charge is 0.336 e. The van der Waals surface area contributed by atoms with Crippen molar-refractivity contribution in [2.75, 3.05) is 0 Å². The van der Waals surface area contributed by atoms with Crippen LogP contribution in [0.1, 0.15) is 33.4 Å². The minimum Gasteiger partial charge on any atom is -0.478 e. The van der Waals surface area contributed by atoms with Gasteiger partial charge in [0, 0.05) is 12.4 Å². The monoisotopic (exact) mass is 464 g/mol. The largest absolute Gasteiger partial charge is 0.478 e. The summed E-state index contributed by atoms with van der Waals surface area (Å²) in [4.78, 5) is 15.8. The number of aliphatic hydroxyl groups excluding tert-OH is 1. The summed E-state index contributed by atoms with van der Waals surface area (Å²) < 4.78 is 34.8. The number of rotatable bonds is 9. The number of carboxylic acid groups (broad SMARTS) is 1. The number of nitrogens with zero attached hydrogens (tertiary/aromatic N) is 2. The van der Waals surface area contributed by atoms with Crippen molar-refractivity contribution in [1.82, 2.24) is 9.55 Å². The first kappa shape index (κ1) is 23.3. The van der Waals surface area contributed by atoms with Crippen LogP contribution in [0.2, 0.25) is 0 Å². The van der Waals surface area contributed by atoms with Gasteiger partial charge in [-0.1, -0.05) is 30.3 Å². The van der Waals surface area contributed by atoms with Crippen molar-refractivity contribution >= 4 is 5.97 Å². The molecule has 8 heteroatoms. The number of carbonyl (C=O) groups is 1. The molecule has 6 nitrogen and oxygen atoms in total. The minimum atomic E-state index is -1.09. The molecule has 174 valence electrons. The second kappa shape index (κ2) is 10.4. The Bertz CT molecular complexity index is 1270. The molecule has 1 heterocycles. The van der Waals surface area contributed by atoms with Crippen LogP contribution in [-0.2, 0) is 24.5 Å². The third-order valence-electron chi connectivity index (χ3n) is 5.47. The fourth-order valence-electron chi connectivity index (χ4n) is 3.70. The average molecular weight is 464 g/mol. The predicted octanol–water partition coefficient (Wildman–Crippen LogP) is 4.98. The Labute approximate surface area is 194 Å². The van der Waals surface area contributed by atoms with Crippen LogP contribution in [0, 0.1) is 11.6 Å². The maximum Gasteiger partial charge on any atom is 0.336 e. The SMILES string of the molecule is O=C(O)c1ccc(COC(Cn2ccnc2CO)c2ccc(F)cc2)cc1-c1ccc(F)cc1. The van der Waals surface area contributed by atoms with Crippen LogP contribution >= 0.6 is 0 Å². The molecule has 1 atom stereocenters. The van der Waals surface area contributed by atoms with Crippen LogP contribution in [0.3, 0.4) is 0 Å². The number of carboxylic acids is 1. The Morgan fingerprint density at radius 2 is 1.68 bits per heavy atom. The predicted molar refractivity (Wildman–Crippen MR) is 121 cm³/mol. The zero-order valence-corrected chi connectivity index (χ0v) is 18.1. The molecule has 0 aliphatic rings. The van der Waals surface area contributed by atoms with Gasteiger partial charge in [-0.15, -0.1) is 0 Å². The minimum absolute atomic E-state index is 0.0939. The molecular formula is C26H22F2N2O4. The standard InChI is InChI=1S/C26H22F2N2O4/c27-20-6-2-18(3-7-20)23-13-17(1-10-22(23)26(32)33)16-34-24(19-4-8-21(28)9-5-19)14-30-12-11-29-25(30)15-31/h1-13,24,31H,14-16H2,(H,32,33). The van der Waals surface area contributed by atoms with Crippen molar-refractivity contribution in [3.05, 3.63) is 113 Å². The molecule has 3 aromatic carbocycles. The molecule has 0 saturated carbocycles. The Kier molecular flexibility index (Phi) is 7.10. The van der Waals surface area contributed by atoms with Crippen LogP contribution in [0.15, 0.2) is 79.1 Å². The molecule has 1 unspecified atom stereocenters. The van der Waals surface area contributed by atoms with Crippen LogP contribution in [0.25, 0.3) is 11.1 Å². The van der Waals surface area contributed by atoms with E-state index in [9.17, 15) is 23.8 Å². The summed E-state index contributed by atoms with van der Waals surface area (Å²) >= 11 is 0. The van der Waals surface area contributed by atoms with E-state index in [0.717, 1.165) is 5.56 Å². The second-order valence-corrected chi connectivity index (χ2v) is 7.70. The molecule has 0 radical (unpaired) electrons. The topological polar surface area (TPSA) is 84.6 Å². The lowest BCUT2D eigenvalue weighted by molar-refractivity contribution is 0.0268. The zero-order valence-electron chi connectivity index (χ0n) is 18.1. The van der Waals surface area contributed by atoms with Crippen LogP contribution in [0.4, 0.5) is 8.78 Å². The van der Waals surface area contributed by atoms with Crippen molar-refractivity contribution in [2.24, 2.45) is 0 Å². The molecule has 0 aliphatic carbocycles. The van der Waals surface area contributed by atoms with Crippen molar-refractivity contribution < 1.29 is 28.5 Å². The molecule has 1 aromatic heterocycles. The number of aromatic carboxylic acids is 1. The van der Waals surface area contributed by atoms with Gasteiger partial charge < -0.3 is 19.5 Å². The van der Waals surface area contributed by atoms with Gasteiger partial charge in [0.05, 0.1) is 18.7 Å². The lowest BCUT2D eigenvalue weighted by Crippen LogP contribution is -2.15. The van der Waals surface area contributed by atoms with Gasteiger partial charge in [-0.05, 0) is 58.7 Å². The number of ether oxygens (including phenoxy) is 1. The van der Waals surface area contributed by atoms with Gasteiger partial charge in [-0.2, -0.15) is 0 Å². The summed E-state index contributed by atoms with van der Waals surface area (Å²) in [6, 6.07) is 16.4. The number of hydrogen-bond donors (Lipinski definition) is 2. The van der Waals surface area contributed by atoms with Gasteiger partial charge in [0.15, 0.2) is 0 Å². The Hall–Kier alpha value is -3.88. The Morgan fingerprint density at radius 3 is 2.32 bits per heavy atom. The molecule has 0 spiro atoms. The lowest BCUT2D eigenvalue weighted by Gasteiger charge is -2.20. The van der Waals surface area contributed by atoms with Gasteiger partial charge in [0.2, 0.25) is 0 Å². The molecule has 0 fully saturated rings. The molecule has 0 aliphatic heterocycles. The lowest BCUT2D eigenvalue weighted by atomic mass is 9.97. The highest BCUT2D eigenvalue weighted by molar-refractivity contribution is 5.96. The molecular weight excluding hydrogens is 442 g/mol. The molecule has 34 heavy (non-hydrogen) atoms. The summed E-state index contributed by atoms with van der Waals surface area (Å²) in [6.45, 7) is 0.236. The van der Waals surface area contributed by atoms with E-state index < -0.39 is 17.9 Å². The Balaban J connectivity index is 1.61. The summed E-state index contributed by atoms with van der Waals surface area (Å²) in [7, 11) is 0. The van der Waals surface area contributed by atoms with Crippen molar-refractivity contribution in [1.29, 1.82) is 0 Å². The molecule has 4 rings (SSSR count). The molecule has 0 bridgehead atoms. The first-order valence-electron chi connectivity index (χ1n) is 10.5. The van der Waals surface area contributed by atoms with E-state index in [0.29, 0.717) is 29.1 Å². The maximum atomic E-state index is 13.5. The van der Waals surface area contributed by atoms with E-state index in [4.69, 9.17) is 4.74 Å². The molecule has 0 amide bonds. The first-order valence-corrected chi connectivity index (χ1v) is 10.5. The second-order valence-electron chi connectivity index (χ2n) is 7.70. The van der Waals surface area contributed by atoms with E-state index in [1.54, 1.807) is 41.2 Å². The van der Waals surface area contributed by atoms with Crippen LogP contribution in [0.5, 0.6) is 0 Å². The third kappa shape index (κ3) is 5.36. The average Bonchev–Trinajstić information content (AvgIpc) is 3.29. The summed E-state index contributed by atoms with van der Waals surface area (Å²) in [5, 5.41) is 19.1. The number of halogens is 2. The third-order valence-corrected chi connectivity index (χ3v) is 5.47. The van der Waals surface area contributed by atoms with Crippen molar-refractivity contribution in [3.8, 4) is 11.1 Å². The van der Waals surface area contributed by atoms with Gasteiger partial charge in [-0.25, -0.2) is 18.6 Å². The number of benzene rings is 3. The number of aliphatic hydroxyl groups is 1. The van der Waals surface area contributed by atoms with E-state index in [1.165, 1.54) is 42.5 Å². The highest BCUT2D eigenvalue weighted by atomic mass is 19.1. The van der Waals surface area contributed by atoms with Gasteiger partial charge >= 0.3 is 5.97 Å². The summed E-state index contributed by atoms with van der Waals surface area (Å²) in [5.74, 6) is -1.40. The quantitative estimate of drug-likeness (QED) is 0.365.